The number of halogens is 1. The van der Waals surface area contributed by atoms with Gasteiger partial charge in [-0.2, -0.15) is 0 Å². The number of allylic oxidation sites excluding steroid dienone is 4. The monoisotopic (exact) mass is 428 g/mol. The van der Waals surface area contributed by atoms with Crippen LogP contribution in [-0.2, 0) is 5.41 Å². The average Bonchev–Trinajstić information content (AvgIpc) is 3.31. The van der Waals surface area contributed by atoms with Crippen molar-refractivity contribution in [2.75, 3.05) is 0 Å². The highest BCUT2D eigenvalue weighted by atomic mass is 35.5. The van der Waals surface area contributed by atoms with Crippen LogP contribution in [0.5, 0.6) is 0 Å². The summed E-state index contributed by atoms with van der Waals surface area (Å²) in [4.78, 5) is 0. The van der Waals surface area contributed by atoms with Crippen LogP contribution in [0, 0.1) is 0 Å². The predicted molar refractivity (Wildman–Crippen MR) is 134 cm³/mol. The fourth-order valence-corrected chi connectivity index (χ4v) is 6.45. The summed E-state index contributed by atoms with van der Waals surface area (Å²) in [7, 11) is 0. The molecule has 3 aliphatic carbocycles. The molecule has 0 aromatic heterocycles. The highest BCUT2D eigenvalue weighted by Gasteiger charge is 2.53. The molecular weight excluding hydrogens is 408 g/mol. The van der Waals surface area contributed by atoms with Crippen molar-refractivity contribution in [2.24, 2.45) is 0 Å². The zero-order valence-electron chi connectivity index (χ0n) is 17.6. The van der Waals surface area contributed by atoms with Gasteiger partial charge in [-0.3, -0.25) is 0 Å². The second-order valence-electron chi connectivity index (χ2n) is 8.89. The average molecular weight is 429 g/mol. The van der Waals surface area contributed by atoms with E-state index < -0.39 is 0 Å². The molecule has 0 N–H and O–H groups in total. The predicted octanol–water partition coefficient (Wildman–Crippen LogP) is 8.44. The van der Waals surface area contributed by atoms with E-state index >= 15 is 0 Å². The Labute approximate surface area is 193 Å². The van der Waals surface area contributed by atoms with Crippen molar-refractivity contribution >= 4 is 17.2 Å². The smallest absolute Gasteiger partial charge is 0.0722 e. The van der Waals surface area contributed by atoms with Gasteiger partial charge in [0.2, 0.25) is 0 Å². The molecule has 0 saturated heterocycles. The third-order valence-electron chi connectivity index (χ3n) is 7.41. The lowest BCUT2D eigenvalue weighted by molar-refractivity contribution is 0.782. The van der Waals surface area contributed by atoms with Crippen molar-refractivity contribution in [3.05, 3.63) is 136 Å². The van der Waals surface area contributed by atoms with Crippen molar-refractivity contribution in [3.8, 4) is 22.3 Å². The topological polar surface area (TPSA) is 0 Å². The lowest BCUT2D eigenvalue weighted by atomic mass is 9.69. The number of benzene rings is 4. The Balaban J connectivity index is 1.58. The van der Waals surface area contributed by atoms with Gasteiger partial charge in [-0.1, -0.05) is 103 Å². The molecule has 7 rings (SSSR count). The summed E-state index contributed by atoms with van der Waals surface area (Å²) in [6.07, 6.45) is 7.12. The summed E-state index contributed by atoms with van der Waals surface area (Å²) in [5, 5.41) is 0.796. The van der Waals surface area contributed by atoms with Gasteiger partial charge in [0.25, 0.3) is 0 Å². The fraction of sp³-hybridized carbons (Fsp3) is 0.0968. The van der Waals surface area contributed by atoms with Crippen molar-refractivity contribution < 1.29 is 0 Å². The summed E-state index contributed by atoms with van der Waals surface area (Å²) < 4.78 is 0. The Bertz CT molecular complexity index is 1440. The summed E-state index contributed by atoms with van der Waals surface area (Å²) >= 11 is 6.58. The molecule has 0 fully saturated rings. The Morgan fingerprint density at radius 2 is 1.16 bits per heavy atom. The summed E-state index contributed by atoms with van der Waals surface area (Å²) in [5.41, 5.74) is 13.2. The van der Waals surface area contributed by atoms with Crippen LogP contribution in [0.15, 0.2) is 109 Å². The summed E-state index contributed by atoms with van der Waals surface area (Å²) in [5.74, 6) is 0. The van der Waals surface area contributed by atoms with Crippen LogP contribution in [-0.4, -0.2) is 0 Å². The van der Waals surface area contributed by atoms with Crippen molar-refractivity contribution in [3.63, 3.8) is 0 Å². The van der Waals surface area contributed by atoms with E-state index in [0.29, 0.717) is 0 Å². The standard InChI is InChI=1S/C31H21Cl/c32-30-16-8-4-9-21(30)20-17-18-29-25(19-20)24-12-3-7-15-28(24)31(29)26-13-5-1-10-22(26)23-11-2-6-14-27(23)31/h1-2,4-6,8-19H,3,7H2. The molecule has 0 atom stereocenters. The Morgan fingerprint density at radius 3 is 1.88 bits per heavy atom. The number of hydrogen-bond acceptors (Lipinski definition) is 0. The van der Waals surface area contributed by atoms with E-state index in [1.807, 2.05) is 12.1 Å². The van der Waals surface area contributed by atoms with Gasteiger partial charge in [0.1, 0.15) is 0 Å². The second kappa shape index (κ2) is 6.58. The number of rotatable bonds is 1. The van der Waals surface area contributed by atoms with E-state index in [-0.39, 0.29) is 5.41 Å². The van der Waals surface area contributed by atoms with Crippen molar-refractivity contribution in [1.29, 1.82) is 0 Å². The molecule has 0 amide bonds. The van der Waals surface area contributed by atoms with Gasteiger partial charge in [-0.05, 0) is 75.1 Å². The summed E-state index contributed by atoms with van der Waals surface area (Å²) in [6, 6.07) is 33.0. The molecule has 0 bridgehead atoms. The Kier molecular flexibility index (Phi) is 3.75. The van der Waals surface area contributed by atoms with Gasteiger partial charge < -0.3 is 0 Å². The van der Waals surface area contributed by atoms with Gasteiger partial charge >= 0.3 is 0 Å². The first-order valence-electron chi connectivity index (χ1n) is 11.3. The van der Waals surface area contributed by atoms with Crippen molar-refractivity contribution in [1.82, 2.24) is 0 Å². The second-order valence-corrected chi connectivity index (χ2v) is 9.30. The lowest BCUT2D eigenvalue weighted by Gasteiger charge is -2.31. The molecule has 4 aromatic carbocycles. The Morgan fingerprint density at radius 1 is 0.562 bits per heavy atom. The molecule has 1 heteroatoms. The Hall–Kier alpha value is -3.35. The maximum atomic E-state index is 6.58. The highest BCUT2D eigenvalue weighted by molar-refractivity contribution is 6.33. The van der Waals surface area contributed by atoms with Crippen LogP contribution < -0.4 is 0 Å². The molecular formula is C31H21Cl. The first-order chi connectivity index (χ1) is 15.8. The van der Waals surface area contributed by atoms with Crippen molar-refractivity contribution in [2.45, 2.75) is 18.3 Å². The van der Waals surface area contributed by atoms with E-state index in [2.05, 4.69) is 91.0 Å². The number of fused-ring (bicyclic) bond motifs is 10. The molecule has 0 nitrogen and oxygen atoms in total. The first kappa shape index (κ1) is 18.2. The zero-order chi connectivity index (χ0) is 21.3. The lowest BCUT2D eigenvalue weighted by Crippen LogP contribution is -2.26. The van der Waals surface area contributed by atoms with Crippen LogP contribution in [0.2, 0.25) is 5.02 Å². The van der Waals surface area contributed by atoms with Gasteiger partial charge in [-0.25, -0.2) is 0 Å². The minimum Gasteiger partial charge on any atom is -0.0837 e. The maximum absolute atomic E-state index is 6.58. The van der Waals surface area contributed by atoms with Crippen LogP contribution >= 0.6 is 11.6 Å². The zero-order valence-corrected chi connectivity index (χ0v) is 18.4. The van der Waals surface area contributed by atoms with E-state index in [1.165, 1.54) is 50.1 Å². The van der Waals surface area contributed by atoms with E-state index in [9.17, 15) is 0 Å². The summed E-state index contributed by atoms with van der Waals surface area (Å²) in [6.45, 7) is 0. The van der Waals surface area contributed by atoms with Gasteiger partial charge in [-0.15, -0.1) is 0 Å². The van der Waals surface area contributed by atoms with Crippen LogP contribution in [0.25, 0.3) is 27.8 Å². The van der Waals surface area contributed by atoms with Crippen LogP contribution in [0.4, 0.5) is 0 Å². The molecule has 152 valence electrons. The minimum atomic E-state index is -0.228. The molecule has 0 saturated carbocycles. The molecule has 4 aromatic rings. The van der Waals surface area contributed by atoms with Gasteiger partial charge in [0.05, 0.1) is 5.41 Å². The van der Waals surface area contributed by atoms with E-state index in [0.717, 1.165) is 23.4 Å². The molecule has 0 aliphatic heterocycles. The van der Waals surface area contributed by atoms with Gasteiger partial charge in [0.15, 0.2) is 0 Å². The first-order valence-corrected chi connectivity index (χ1v) is 11.7. The number of hydrogen-bond donors (Lipinski definition) is 0. The molecule has 0 radical (unpaired) electrons. The van der Waals surface area contributed by atoms with E-state index in [4.69, 9.17) is 11.6 Å². The molecule has 1 spiro atoms. The third-order valence-corrected chi connectivity index (χ3v) is 7.74. The van der Waals surface area contributed by atoms with Gasteiger partial charge in [0, 0.05) is 10.6 Å². The maximum Gasteiger partial charge on any atom is 0.0722 e. The molecule has 0 heterocycles. The van der Waals surface area contributed by atoms with E-state index in [1.54, 1.807) is 0 Å². The molecule has 3 aliphatic rings. The minimum absolute atomic E-state index is 0.228. The van der Waals surface area contributed by atoms with Crippen LogP contribution in [0.3, 0.4) is 0 Å². The molecule has 32 heavy (non-hydrogen) atoms. The SMILES string of the molecule is Clc1ccccc1-c1ccc2c(c1)C1=CCCC=C1C21c2ccccc2-c2ccccc21. The normalized spacial score (nSPS) is 16.7. The third kappa shape index (κ3) is 2.18. The highest BCUT2D eigenvalue weighted by Crippen LogP contribution is 2.64. The largest absolute Gasteiger partial charge is 0.0837 e. The quantitative estimate of drug-likeness (QED) is 0.285. The molecule has 0 unspecified atom stereocenters. The van der Waals surface area contributed by atoms with Crippen LogP contribution in [0.1, 0.15) is 35.1 Å². The fourth-order valence-electron chi connectivity index (χ4n) is 6.20.